The Bertz CT molecular complexity index is 117. The van der Waals surface area contributed by atoms with Crippen LogP contribution in [0.1, 0.15) is 26.7 Å². The first-order valence-corrected chi connectivity index (χ1v) is 4.43. The highest BCUT2D eigenvalue weighted by Gasteiger charge is 2.30. The van der Waals surface area contributed by atoms with Crippen LogP contribution in [0.25, 0.3) is 0 Å². The molecule has 1 saturated heterocycles. The fourth-order valence-corrected chi connectivity index (χ4v) is 1.71. The van der Waals surface area contributed by atoms with Crippen molar-refractivity contribution in [3.63, 3.8) is 0 Å². The molecule has 0 saturated carbocycles. The van der Waals surface area contributed by atoms with E-state index in [1.165, 1.54) is 0 Å². The van der Waals surface area contributed by atoms with E-state index in [-0.39, 0.29) is 12.1 Å². The smallest absolute Gasteiger partial charge is 0.0948 e. The van der Waals surface area contributed by atoms with E-state index in [4.69, 9.17) is 0 Å². The largest absolute Gasteiger partial charge is 0.317 e. The lowest BCUT2D eigenvalue weighted by Crippen LogP contribution is -2.36. The maximum absolute atomic E-state index is 12.5. The number of rotatable bonds is 2. The van der Waals surface area contributed by atoms with Gasteiger partial charge in [0.05, 0.1) is 6.67 Å². The Kier molecular flexibility index (Phi) is 2.88. The lowest BCUT2D eigenvalue weighted by Gasteiger charge is -2.34. The summed E-state index contributed by atoms with van der Waals surface area (Å²) in [5.74, 6) is 0.578. The van der Waals surface area contributed by atoms with Crippen LogP contribution < -0.4 is 5.32 Å². The highest BCUT2D eigenvalue weighted by atomic mass is 19.1. The summed E-state index contributed by atoms with van der Waals surface area (Å²) in [5.41, 5.74) is -0.0951. The van der Waals surface area contributed by atoms with E-state index in [0.717, 1.165) is 25.9 Å². The molecule has 0 radical (unpaired) electrons. The average molecular weight is 159 g/mol. The molecule has 1 nitrogen and oxygen atoms in total. The molecule has 0 aromatic heterocycles. The Morgan fingerprint density at radius 1 is 1.36 bits per heavy atom. The van der Waals surface area contributed by atoms with Crippen LogP contribution >= 0.6 is 0 Å². The van der Waals surface area contributed by atoms with E-state index in [2.05, 4.69) is 5.32 Å². The van der Waals surface area contributed by atoms with Crippen molar-refractivity contribution in [2.24, 2.45) is 11.3 Å². The zero-order valence-corrected chi connectivity index (χ0v) is 7.49. The molecule has 1 N–H and O–H groups in total. The minimum atomic E-state index is -0.183. The van der Waals surface area contributed by atoms with Crippen LogP contribution in [0.2, 0.25) is 0 Å². The second-order valence-corrected chi connectivity index (χ2v) is 4.15. The van der Waals surface area contributed by atoms with Crippen molar-refractivity contribution in [3.8, 4) is 0 Å². The third kappa shape index (κ3) is 2.16. The summed E-state index contributed by atoms with van der Waals surface area (Å²) in [7, 11) is 0. The van der Waals surface area contributed by atoms with Crippen LogP contribution in [0.5, 0.6) is 0 Å². The summed E-state index contributed by atoms with van der Waals surface area (Å²) in [6.07, 6.45) is 2.27. The lowest BCUT2D eigenvalue weighted by atomic mass is 9.75. The molecule has 1 heterocycles. The maximum atomic E-state index is 12.5. The Morgan fingerprint density at radius 3 is 2.36 bits per heavy atom. The Balaban J connectivity index is 2.43. The number of hydrogen-bond donors (Lipinski definition) is 1. The summed E-state index contributed by atoms with van der Waals surface area (Å²) in [6.45, 7) is 6.01. The molecule has 0 aliphatic carbocycles. The highest BCUT2D eigenvalue weighted by molar-refractivity contribution is 4.81. The Hall–Kier alpha value is -0.110. The maximum Gasteiger partial charge on any atom is 0.0948 e. The zero-order valence-electron chi connectivity index (χ0n) is 7.49. The average Bonchev–Trinajstić information content (AvgIpc) is 2.06. The third-order valence-corrected chi connectivity index (χ3v) is 2.79. The van der Waals surface area contributed by atoms with E-state index in [1.807, 2.05) is 13.8 Å². The molecule has 0 spiro atoms. The molecule has 0 aromatic carbocycles. The normalized spacial score (nSPS) is 22.1. The molecule has 0 bridgehead atoms. The van der Waals surface area contributed by atoms with Crippen LogP contribution in [0, 0.1) is 11.3 Å². The minimum Gasteiger partial charge on any atom is -0.317 e. The third-order valence-electron chi connectivity index (χ3n) is 2.79. The van der Waals surface area contributed by atoms with Crippen LogP contribution in [0.15, 0.2) is 0 Å². The monoisotopic (exact) mass is 159 g/mol. The van der Waals surface area contributed by atoms with Gasteiger partial charge in [0.1, 0.15) is 0 Å². The van der Waals surface area contributed by atoms with Crippen molar-refractivity contribution in [1.82, 2.24) is 5.32 Å². The van der Waals surface area contributed by atoms with Crippen molar-refractivity contribution in [2.45, 2.75) is 26.7 Å². The molecule has 1 fully saturated rings. The van der Waals surface area contributed by atoms with Crippen molar-refractivity contribution in [3.05, 3.63) is 0 Å². The van der Waals surface area contributed by atoms with Crippen molar-refractivity contribution >= 4 is 0 Å². The first kappa shape index (κ1) is 8.98. The van der Waals surface area contributed by atoms with Gasteiger partial charge >= 0.3 is 0 Å². The summed E-state index contributed by atoms with van der Waals surface area (Å²) >= 11 is 0. The first-order valence-electron chi connectivity index (χ1n) is 4.43. The molecule has 2 heteroatoms. The Morgan fingerprint density at radius 2 is 1.91 bits per heavy atom. The molecule has 1 rings (SSSR count). The van der Waals surface area contributed by atoms with Crippen LogP contribution in [-0.4, -0.2) is 19.8 Å². The minimum absolute atomic E-state index is 0.0951. The predicted octanol–water partition coefficient (Wildman–Crippen LogP) is 1.98. The molecule has 66 valence electrons. The molecule has 1 aliphatic rings. The van der Waals surface area contributed by atoms with Crippen molar-refractivity contribution < 1.29 is 4.39 Å². The van der Waals surface area contributed by atoms with Gasteiger partial charge in [-0.15, -0.1) is 0 Å². The van der Waals surface area contributed by atoms with Gasteiger partial charge in [0.2, 0.25) is 0 Å². The Labute approximate surface area is 68.4 Å². The lowest BCUT2D eigenvalue weighted by molar-refractivity contribution is 0.126. The van der Waals surface area contributed by atoms with Crippen molar-refractivity contribution in [2.75, 3.05) is 19.8 Å². The molecule has 0 amide bonds. The fourth-order valence-electron chi connectivity index (χ4n) is 1.71. The van der Waals surface area contributed by atoms with Gasteiger partial charge in [-0.1, -0.05) is 13.8 Å². The quantitative estimate of drug-likeness (QED) is 0.649. The number of nitrogens with one attached hydrogen (secondary N) is 1. The number of halogens is 1. The second kappa shape index (κ2) is 3.53. The summed E-state index contributed by atoms with van der Waals surface area (Å²) in [4.78, 5) is 0. The summed E-state index contributed by atoms with van der Waals surface area (Å²) < 4.78 is 12.5. The van der Waals surface area contributed by atoms with E-state index in [0.29, 0.717) is 5.92 Å². The van der Waals surface area contributed by atoms with E-state index < -0.39 is 0 Å². The van der Waals surface area contributed by atoms with Crippen LogP contribution in [0.3, 0.4) is 0 Å². The van der Waals surface area contributed by atoms with Gasteiger partial charge in [0.15, 0.2) is 0 Å². The summed E-state index contributed by atoms with van der Waals surface area (Å²) in [6, 6.07) is 0. The zero-order chi connectivity index (χ0) is 8.32. The van der Waals surface area contributed by atoms with E-state index in [9.17, 15) is 4.39 Å². The van der Waals surface area contributed by atoms with E-state index in [1.54, 1.807) is 0 Å². The predicted molar refractivity (Wildman–Crippen MR) is 45.3 cm³/mol. The van der Waals surface area contributed by atoms with Gasteiger partial charge in [-0.2, -0.15) is 0 Å². The number of alkyl halides is 1. The standard InChI is InChI=1S/C9H18FN/c1-9(2,7-10)8-3-5-11-6-4-8/h8,11H,3-7H2,1-2H3. The number of hydrogen-bond acceptors (Lipinski definition) is 1. The molecule has 0 unspecified atom stereocenters. The molecule has 0 atom stereocenters. The highest BCUT2D eigenvalue weighted by Crippen LogP contribution is 2.33. The van der Waals surface area contributed by atoms with Gasteiger partial charge < -0.3 is 5.32 Å². The molecule has 11 heavy (non-hydrogen) atoms. The van der Waals surface area contributed by atoms with Gasteiger partial charge in [-0.25, -0.2) is 0 Å². The van der Waals surface area contributed by atoms with Gasteiger partial charge in [-0.05, 0) is 37.3 Å². The van der Waals surface area contributed by atoms with Crippen LogP contribution in [0.4, 0.5) is 4.39 Å². The molecular formula is C9H18FN. The first-order chi connectivity index (χ1) is 5.17. The molecule has 0 aromatic rings. The number of piperidine rings is 1. The van der Waals surface area contributed by atoms with Crippen molar-refractivity contribution in [1.29, 1.82) is 0 Å². The van der Waals surface area contributed by atoms with Crippen LogP contribution in [-0.2, 0) is 0 Å². The summed E-state index contributed by atoms with van der Waals surface area (Å²) in [5, 5.41) is 3.29. The van der Waals surface area contributed by atoms with E-state index >= 15 is 0 Å². The van der Waals surface area contributed by atoms with Gasteiger partial charge in [-0.3, -0.25) is 4.39 Å². The van der Waals surface area contributed by atoms with Gasteiger partial charge in [0.25, 0.3) is 0 Å². The SMILES string of the molecule is CC(C)(CF)C1CCNCC1. The topological polar surface area (TPSA) is 12.0 Å². The fraction of sp³-hybridized carbons (Fsp3) is 1.00. The van der Waals surface area contributed by atoms with Gasteiger partial charge in [0, 0.05) is 0 Å². The second-order valence-electron chi connectivity index (χ2n) is 4.15. The molecule has 1 aliphatic heterocycles. The molecular weight excluding hydrogens is 141 g/mol.